The van der Waals surface area contributed by atoms with Crippen LogP contribution >= 0.6 is 11.3 Å². The van der Waals surface area contributed by atoms with Gasteiger partial charge in [0, 0.05) is 59.5 Å². The molecule has 3 heterocycles. The van der Waals surface area contributed by atoms with E-state index in [0.717, 1.165) is 55.8 Å². The van der Waals surface area contributed by atoms with E-state index in [2.05, 4.69) is 216 Å². The molecule has 3 nitrogen and oxygen atoms in total. The lowest BCUT2D eigenvalue weighted by molar-refractivity contribution is 0.669. The summed E-state index contributed by atoms with van der Waals surface area (Å²) in [6.07, 6.45) is 0. The molecule has 0 amide bonds. The summed E-state index contributed by atoms with van der Waals surface area (Å²) < 4.78 is 11.4. The van der Waals surface area contributed by atoms with Crippen LogP contribution in [0.1, 0.15) is 0 Å². The third-order valence-electron chi connectivity index (χ3n) is 12.6. The highest BCUT2D eigenvalue weighted by molar-refractivity contribution is 7.26. The van der Waals surface area contributed by atoms with E-state index in [0.29, 0.717) is 0 Å². The number of anilines is 3. The Morgan fingerprint density at radius 1 is 0.387 bits per heavy atom. The first-order valence-corrected chi connectivity index (χ1v) is 21.9. The summed E-state index contributed by atoms with van der Waals surface area (Å²) in [4.78, 5) is 2.42. The minimum atomic E-state index is 0.884. The fraction of sp³-hybridized carbons (Fsp3) is 0. The molecule has 0 bridgehead atoms. The summed E-state index contributed by atoms with van der Waals surface area (Å²) in [6, 6.07) is 79.4. The minimum Gasteiger partial charge on any atom is -0.456 e. The highest BCUT2D eigenvalue weighted by Gasteiger charge is 2.23. The topological polar surface area (TPSA) is 21.3 Å². The van der Waals surface area contributed by atoms with Crippen LogP contribution < -0.4 is 4.90 Å². The van der Waals surface area contributed by atoms with Gasteiger partial charge in [-0.25, -0.2) is 0 Å². The number of rotatable bonds is 6. The number of fused-ring (bicyclic) bond motifs is 10. The van der Waals surface area contributed by atoms with Crippen molar-refractivity contribution in [3.8, 4) is 27.9 Å². The zero-order valence-corrected chi connectivity index (χ0v) is 34.3. The summed E-state index contributed by atoms with van der Waals surface area (Å²) in [6.45, 7) is 0. The van der Waals surface area contributed by atoms with Crippen LogP contribution in [-0.2, 0) is 0 Å². The minimum absolute atomic E-state index is 0.884. The van der Waals surface area contributed by atoms with Crippen LogP contribution in [0.25, 0.3) is 103 Å². The maximum absolute atomic E-state index is 6.31. The van der Waals surface area contributed by atoms with Crippen molar-refractivity contribution in [3.63, 3.8) is 0 Å². The highest BCUT2D eigenvalue weighted by Crippen LogP contribution is 2.47. The molecule has 13 rings (SSSR count). The molecule has 0 N–H and O–H groups in total. The van der Waals surface area contributed by atoms with E-state index in [1.807, 2.05) is 23.5 Å². The van der Waals surface area contributed by atoms with E-state index in [1.165, 1.54) is 63.9 Å². The van der Waals surface area contributed by atoms with Gasteiger partial charge in [0.05, 0.1) is 27.1 Å². The molecule has 0 fully saturated rings. The van der Waals surface area contributed by atoms with Crippen LogP contribution in [0, 0.1) is 0 Å². The molecule has 0 unspecified atom stereocenters. The van der Waals surface area contributed by atoms with Crippen LogP contribution in [-0.4, -0.2) is 4.57 Å². The van der Waals surface area contributed by atoms with Gasteiger partial charge in [0.2, 0.25) is 0 Å². The normalized spacial score (nSPS) is 11.9. The van der Waals surface area contributed by atoms with Crippen molar-refractivity contribution < 1.29 is 4.42 Å². The molecule has 0 aliphatic carbocycles. The SMILES string of the molecule is c1ccc(-c2cccc(-c3ccc(N(c4ccc5oc6ccccc6c5c4)c4cccc5c4sc4ccccc45)cc3)c2-n2c3ccccc3c3cc4ccccc4cc32)cc1. The van der Waals surface area contributed by atoms with Gasteiger partial charge in [-0.2, -0.15) is 0 Å². The van der Waals surface area contributed by atoms with Gasteiger partial charge in [-0.15, -0.1) is 11.3 Å². The van der Waals surface area contributed by atoms with Crippen molar-refractivity contribution in [3.05, 3.63) is 218 Å². The monoisotopic (exact) mass is 808 g/mol. The number of aromatic nitrogens is 1. The summed E-state index contributed by atoms with van der Waals surface area (Å²) in [7, 11) is 0. The Morgan fingerprint density at radius 3 is 1.85 bits per heavy atom. The van der Waals surface area contributed by atoms with Gasteiger partial charge in [-0.05, 0) is 88.6 Å². The second kappa shape index (κ2) is 13.8. The van der Waals surface area contributed by atoms with E-state index in [4.69, 9.17) is 4.42 Å². The Balaban J connectivity index is 1.04. The quantitative estimate of drug-likeness (QED) is 0.167. The maximum Gasteiger partial charge on any atom is 0.135 e. The fourth-order valence-corrected chi connectivity index (χ4v) is 10.9. The largest absolute Gasteiger partial charge is 0.456 e. The zero-order chi connectivity index (χ0) is 40.7. The summed E-state index contributed by atoms with van der Waals surface area (Å²) in [5.41, 5.74) is 13.3. The van der Waals surface area contributed by atoms with Crippen molar-refractivity contribution in [2.75, 3.05) is 4.90 Å². The molecule has 0 atom stereocenters. The van der Waals surface area contributed by atoms with E-state index >= 15 is 0 Å². The average Bonchev–Trinajstić information content (AvgIpc) is 4.01. The first kappa shape index (κ1) is 34.9. The van der Waals surface area contributed by atoms with Gasteiger partial charge < -0.3 is 13.9 Å². The lowest BCUT2D eigenvalue weighted by atomic mass is 9.95. The Hall–Kier alpha value is -7.92. The third kappa shape index (κ3) is 5.37. The number of hydrogen-bond acceptors (Lipinski definition) is 3. The molecule has 0 aliphatic rings. The van der Waals surface area contributed by atoms with Gasteiger partial charge >= 0.3 is 0 Å². The molecule has 0 aliphatic heterocycles. The number of hydrogen-bond donors (Lipinski definition) is 0. The van der Waals surface area contributed by atoms with Crippen molar-refractivity contribution in [1.82, 2.24) is 4.57 Å². The Kier molecular flexibility index (Phi) is 7.78. The molecule has 0 radical (unpaired) electrons. The molecule has 0 spiro atoms. The summed E-state index contributed by atoms with van der Waals surface area (Å²) in [5.74, 6) is 0. The second-order valence-corrected chi connectivity index (χ2v) is 17.1. The Labute approximate surface area is 361 Å². The smallest absolute Gasteiger partial charge is 0.135 e. The van der Waals surface area contributed by atoms with Gasteiger partial charge in [-0.1, -0.05) is 152 Å². The molecule has 0 saturated heterocycles. The van der Waals surface area contributed by atoms with Crippen LogP contribution in [0.5, 0.6) is 0 Å². The van der Waals surface area contributed by atoms with Crippen LogP contribution in [0.2, 0.25) is 0 Å². The maximum atomic E-state index is 6.31. The van der Waals surface area contributed by atoms with Crippen LogP contribution in [0.15, 0.2) is 223 Å². The number of nitrogens with zero attached hydrogens (tertiary/aromatic N) is 2. The number of para-hydroxylation sites is 3. The number of furan rings is 1. The van der Waals surface area contributed by atoms with Gasteiger partial charge in [0.25, 0.3) is 0 Å². The van der Waals surface area contributed by atoms with Gasteiger partial charge in [-0.3, -0.25) is 0 Å². The summed E-state index contributed by atoms with van der Waals surface area (Å²) >= 11 is 1.85. The standard InChI is InChI=1S/C58H36N2OS/c1-2-14-37(15-3-1)43-21-12-22-44(57(43)60-51-24-9-6-18-45(51)49-34-39-16-4-5-17-40(39)35-53(49)60)38-28-30-41(31-29-38)59(42-32-33-55-50(36-42)46-19-7-10-26-54(46)61-55)52-25-13-23-48-47-20-8-11-27-56(47)62-58(48)52/h1-36H. The zero-order valence-electron chi connectivity index (χ0n) is 33.5. The van der Waals surface area contributed by atoms with Crippen molar-refractivity contribution in [1.29, 1.82) is 0 Å². The first-order valence-electron chi connectivity index (χ1n) is 21.1. The summed E-state index contributed by atoms with van der Waals surface area (Å²) in [5, 5.41) is 9.72. The van der Waals surface area contributed by atoms with Crippen molar-refractivity contribution in [2.24, 2.45) is 0 Å². The van der Waals surface area contributed by atoms with E-state index < -0.39 is 0 Å². The van der Waals surface area contributed by atoms with Crippen molar-refractivity contribution >= 4 is 103 Å². The lowest BCUT2D eigenvalue weighted by Gasteiger charge is -2.26. The molecule has 10 aromatic carbocycles. The number of thiophene rings is 1. The Morgan fingerprint density at radius 2 is 1.02 bits per heavy atom. The molecule has 0 saturated carbocycles. The molecule has 13 aromatic rings. The average molecular weight is 809 g/mol. The van der Waals surface area contributed by atoms with Crippen molar-refractivity contribution in [2.45, 2.75) is 0 Å². The Bertz CT molecular complexity index is 3870. The highest BCUT2D eigenvalue weighted by atomic mass is 32.1. The van der Waals surface area contributed by atoms with Crippen LogP contribution in [0.3, 0.4) is 0 Å². The van der Waals surface area contributed by atoms with E-state index in [1.54, 1.807) is 0 Å². The fourth-order valence-electron chi connectivity index (χ4n) is 9.74. The molecule has 4 heteroatoms. The van der Waals surface area contributed by atoms with Gasteiger partial charge in [0.1, 0.15) is 11.2 Å². The molecule has 3 aromatic heterocycles. The molecular weight excluding hydrogens is 773 g/mol. The molecule has 62 heavy (non-hydrogen) atoms. The van der Waals surface area contributed by atoms with Crippen LogP contribution in [0.4, 0.5) is 17.1 Å². The predicted molar refractivity (Wildman–Crippen MR) is 264 cm³/mol. The molecule has 290 valence electrons. The third-order valence-corrected chi connectivity index (χ3v) is 13.8. The predicted octanol–water partition coefficient (Wildman–Crippen LogP) is 17.0. The number of benzene rings is 10. The first-order chi connectivity index (χ1) is 30.7. The lowest BCUT2D eigenvalue weighted by Crippen LogP contribution is -2.10. The van der Waals surface area contributed by atoms with E-state index in [9.17, 15) is 0 Å². The molecular formula is C58H36N2OS. The van der Waals surface area contributed by atoms with Gasteiger partial charge in [0.15, 0.2) is 0 Å². The van der Waals surface area contributed by atoms with E-state index in [-0.39, 0.29) is 0 Å². The second-order valence-electron chi connectivity index (χ2n) is 16.0.